The molecule has 2 aromatic rings. The van der Waals surface area contributed by atoms with Crippen molar-refractivity contribution in [3.05, 3.63) is 20.0 Å². The number of aromatic nitrogens is 3. The minimum atomic E-state index is -1.06. The van der Waals surface area contributed by atoms with Crippen LogP contribution in [0.25, 0.3) is 10.3 Å². The summed E-state index contributed by atoms with van der Waals surface area (Å²) in [7, 11) is 0. The number of nitrogens with zero attached hydrogens (tertiary/aromatic N) is 2. The molecule has 10 nitrogen and oxygen atoms in total. The number of carboxylic acid groups (broad SMARTS) is 1. The van der Waals surface area contributed by atoms with Gasteiger partial charge in [0.15, 0.2) is 11.9 Å². The van der Waals surface area contributed by atoms with Gasteiger partial charge in [0.25, 0.3) is 5.56 Å². The first-order chi connectivity index (χ1) is 10.9. The highest BCUT2D eigenvalue weighted by Crippen LogP contribution is 2.41. The van der Waals surface area contributed by atoms with Crippen LogP contribution in [0.5, 0.6) is 0 Å². The molecule has 3 atom stereocenters. The molecule has 1 aliphatic rings. The number of aliphatic carboxylic acids is 1. The van der Waals surface area contributed by atoms with E-state index >= 15 is 0 Å². The Labute approximate surface area is 135 Å². The third kappa shape index (κ3) is 2.85. The number of nitrogen functional groups attached to an aromatic ring is 1. The van der Waals surface area contributed by atoms with Crippen LogP contribution in [0.2, 0.25) is 0 Å². The Balaban J connectivity index is 2.14. The zero-order chi connectivity index (χ0) is 16.7. The summed E-state index contributed by atoms with van der Waals surface area (Å²) in [5.74, 6) is -1.22. The van der Waals surface area contributed by atoms with Gasteiger partial charge in [-0.25, -0.2) is 0 Å². The molecular weight excluding hydrogens is 348 g/mol. The molecule has 0 amide bonds. The fourth-order valence-corrected chi connectivity index (χ4v) is 4.40. The van der Waals surface area contributed by atoms with E-state index in [-0.39, 0.29) is 29.3 Å². The van der Waals surface area contributed by atoms with E-state index in [0.717, 1.165) is 16.3 Å². The highest BCUT2D eigenvalue weighted by Gasteiger charge is 2.40. The number of carbonyl (C=O) groups is 1. The van der Waals surface area contributed by atoms with E-state index in [1.807, 2.05) is 0 Å². The van der Waals surface area contributed by atoms with E-state index in [4.69, 9.17) is 15.6 Å². The van der Waals surface area contributed by atoms with Crippen molar-refractivity contribution >= 4 is 45.4 Å². The molecule has 3 rings (SSSR count). The molecule has 3 unspecified atom stereocenters. The van der Waals surface area contributed by atoms with Gasteiger partial charge in [-0.1, -0.05) is 11.3 Å². The zero-order valence-electron chi connectivity index (χ0n) is 11.5. The number of hydrogen-bond acceptors (Lipinski definition) is 9. The molecule has 0 spiro atoms. The minimum Gasteiger partial charge on any atom is -0.481 e. The number of nitrogens with one attached hydrogen (secondary N) is 1. The predicted octanol–water partition coefficient (Wildman–Crippen LogP) is -0.848. The molecule has 23 heavy (non-hydrogen) atoms. The van der Waals surface area contributed by atoms with Gasteiger partial charge in [-0.15, -0.1) is 11.8 Å². The van der Waals surface area contributed by atoms with Crippen molar-refractivity contribution in [1.29, 1.82) is 0 Å². The first kappa shape index (κ1) is 16.0. The number of thiazole rings is 1. The van der Waals surface area contributed by atoms with Crippen LogP contribution < -0.4 is 16.2 Å². The van der Waals surface area contributed by atoms with Crippen molar-refractivity contribution in [1.82, 2.24) is 14.5 Å². The maximum Gasteiger partial charge on any atom is 0.311 e. The van der Waals surface area contributed by atoms with Crippen molar-refractivity contribution in [3.8, 4) is 0 Å². The summed E-state index contributed by atoms with van der Waals surface area (Å²) >= 11 is 1.79. The van der Waals surface area contributed by atoms with E-state index in [0.29, 0.717) is 11.3 Å². The number of hydrogen-bond donors (Lipinski definition) is 4. The van der Waals surface area contributed by atoms with Crippen LogP contribution in [0.4, 0.5) is 5.95 Å². The predicted molar refractivity (Wildman–Crippen MR) is 83.5 cm³/mol. The zero-order valence-corrected chi connectivity index (χ0v) is 13.1. The fourth-order valence-electron chi connectivity index (χ4n) is 2.34. The second kappa shape index (κ2) is 5.96. The van der Waals surface area contributed by atoms with Crippen molar-refractivity contribution in [3.63, 3.8) is 0 Å². The molecule has 12 heteroatoms. The van der Waals surface area contributed by atoms with Crippen LogP contribution in [-0.4, -0.2) is 48.0 Å². The van der Waals surface area contributed by atoms with Gasteiger partial charge in [0.1, 0.15) is 10.1 Å². The lowest BCUT2D eigenvalue weighted by Gasteiger charge is -2.17. The monoisotopic (exact) mass is 360 g/mol. The van der Waals surface area contributed by atoms with Gasteiger partial charge in [0.2, 0.25) is 5.95 Å². The molecule has 0 radical (unpaired) electrons. The first-order valence-corrected chi connectivity index (χ1v) is 8.21. The lowest BCUT2D eigenvalue weighted by atomic mass is 10.2. The molecule has 124 valence electrons. The fraction of sp³-hybridized carbons (Fsp3) is 0.455. The lowest BCUT2D eigenvalue weighted by Crippen LogP contribution is -2.28. The second-order valence-electron chi connectivity index (χ2n) is 4.75. The van der Waals surface area contributed by atoms with Gasteiger partial charge in [-0.3, -0.25) is 23.9 Å². The molecule has 1 aliphatic heterocycles. The van der Waals surface area contributed by atoms with E-state index in [1.165, 1.54) is 0 Å². The molecule has 1 fully saturated rings. The summed E-state index contributed by atoms with van der Waals surface area (Å²) in [6.45, 7) is -0.329. The normalized spacial score (nSPS) is 24.3. The third-order valence-corrected chi connectivity index (χ3v) is 5.46. The Hall–Kier alpha value is -1.89. The van der Waals surface area contributed by atoms with Gasteiger partial charge >= 0.3 is 10.8 Å². The van der Waals surface area contributed by atoms with Crippen LogP contribution in [-0.2, 0) is 9.53 Å². The smallest absolute Gasteiger partial charge is 0.311 e. The Bertz CT molecular complexity index is 874. The number of anilines is 1. The maximum absolute atomic E-state index is 12.3. The largest absolute Gasteiger partial charge is 0.481 e. The Kier molecular flexibility index (Phi) is 4.14. The summed E-state index contributed by atoms with van der Waals surface area (Å²) in [5, 5.41) is 17.6. The number of thioether (sulfide) groups is 1. The van der Waals surface area contributed by atoms with E-state index in [9.17, 15) is 19.5 Å². The average molecular weight is 360 g/mol. The molecular formula is C11H12N4O6S2. The van der Waals surface area contributed by atoms with Crippen LogP contribution in [0.15, 0.2) is 9.59 Å². The first-order valence-electron chi connectivity index (χ1n) is 6.45. The lowest BCUT2D eigenvalue weighted by molar-refractivity contribution is -0.137. The number of aliphatic hydroxyl groups excluding tert-OH is 1. The Morgan fingerprint density at radius 1 is 1.48 bits per heavy atom. The van der Waals surface area contributed by atoms with Gasteiger partial charge in [0.05, 0.1) is 18.3 Å². The number of rotatable bonds is 4. The van der Waals surface area contributed by atoms with Gasteiger partial charge in [-0.2, -0.15) is 4.98 Å². The highest BCUT2D eigenvalue weighted by atomic mass is 32.2. The Morgan fingerprint density at radius 2 is 2.22 bits per heavy atom. The van der Waals surface area contributed by atoms with Crippen LogP contribution in [0, 0.1) is 0 Å². The van der Waals surface area contributed by atoms with Gasteiger partial charge < -0.3 is 20.7 Å². The van der Waals surface area contributed by atoms with E-state index in [2.05, 4.69) is 9.97 Å². The summed E-state index contributed by atoms with van der Waals surface area (Å²) < 4.78 is 6.77. The number of nitrogens with two attached hydrogens (primary N) is 1. The number of fused-ring (bicyclic) bond motifs is 1. The maximum atomic E-state index is 12.3. The number of carboxylic acids is 1. The standard InChI is InChI=1S/C11H12N4O6S2/c12-10-13-7-6(8(19)14-10)23-11(20)15(7)9-3(1-4(17)18)22-5(2-16)21-9/h3,5,9,16H,1-2H2,(H,17,18)(H3,12,13,14,19). The topological polar surface area (TPSA) is 161 Å². The second-order valence-corrected chi connectivity index (χ2v) is 7.12. The SMILES string of the molecule is Nc1nc2c(sc(=O)n2C2OC(CO)SC2CC(=O)O)c(=O)[nH]1. The molecule has 5 N–H and O–H groups in total. The van der Waals surface area contributed by atoms with Gasteiger partial charge in [-0.05, 0) is 0 Å². The van der Waals surface area contributed by atoms with Gasteiger partial charge in [0, 0.05) is 0 Å². The third-order valence-electron chi connectivity index (χ3n) is 3.21. The van der Waals surface area contributed by atoms with E-state index < -0.39 is 33.3 Å². The van der Waals surface area contributed by atoms with Crippen LogP contribution in [0.3, 0.4) is 0 Å². The van der Waals surface area contributed by atoms with Crippen molar-refractivity contribution in [2.45, 2.75) is 23.3 Å². The number of aromatic amines is 1. The molecule has 0 bridgehead atoms. The molecule has 2 aromatic heterocycles. The molecule has 0 aromatic carbocycles. The minimum absolute atomic E-state index is 0.0424. The molecule has 0 saturated carbocycles. The van der Waals surface area contributed by atoms with Crippen LogP contribution >= 0.6 is 23.1 Å². The molecule has 1 saturated heterocycles. The average Bonchev–Trinajstić information content (AvgIpc) is 2.99. The summed E-state index contributed by atoms with van der Waals surface area (Å²) in [4.78, 5) is 40.9. The number of ether oxygens (including phenoxy) is 1. The van der Waals surface area contributed by atoms with Crippen molar-refractivity contribution in [2.24, 2.45) is 0 Å². The highest BCUT2D eigenvalue weighted by molar-refractivity contribution is 8.00. The van der Waals surface area contributed by atoms with E-state index in [1.54, 1.807) is 0 Å². The molecule has 0 aliphatic carbocycles. The quantitative estimate of drug-likeness (QED) is 0.544. The molecule has 3 heterocycles. The summed E-state index contributed by atoms with van der Waals surface area (Å²) in [6, 6.07) is 0. The summed E-state index contributed by atoms with van der Waals surface area (Å²) in [6.07, 6.45) is -1.22. The van der Waals surface area contributed by atoms with Crippen molar-refractivity contribution in [2.75, 3.05) is 12.3 Å². The number of aliphatic hydroxyl groups is 1. The Morgan fingerprint density at radius 3 is 2.87 bits per heavy atom. The van der Waals surface area contributed by atoms with Crippen molar-refractivity contribution < 1.29 is 19.7 Å². The number of H-pyrrole nitrogens is 1. The summed E-state index contributed by atoms with van der Waals surface area (Å²) in [5.41, 5.74) is 4.35. The van der Waals surface area contributed by atoms with Crippen LogP contribution in [0.1, 0.15) is 12.6 Å².